The second-order valence-electron chi connectivity index (χ2n) is 6.82. The third-order valence-electron chi connectivity index (χ3n) is 4.82. The third kappa shape index (κ3) is 4.50. The molecule has 3 rings (SSSR count). The number of benzene rings is 1. The van der Waals surface area contributed by atoms with Gasteiger partial charge < -0.3 is 10.1 Å². The zero-order valence-corrected chi connectivity index (χ0v) is 15.5. The van der Waals surface area contributed by atoms with E-state index in [0.29, 0.717) is 0 Å². The normalized spacial score (nSPS) is 20.8. The number of alkyl halides is 3. The molecule has 1 aromatic carbocycles. The molecule has 0 radical (unpaired) electrons. The van der Waals surface area contributed by atoms with E-state index in [4.69, 9.17) is 4.74 Å². The fourth-order valence-electron chi connectivity index (χ4n) is 3.08. The van der Waals surface area contributed by atoms with E-state index in [1.165, 1.54) is 42.6 Å². The SMILES string of the molecule is C=C/C=C/C[C@]1(C(F)(F)F)C[C@@H]1C(=O)Nc1ccc(Oc2ccc(F)c(F)c2)cn1. The smallest absolute Gasteiger partial charge is 0.395 e. The number of pyridine rings is 1. The summed E-state index contributed by atoms with van der Waals surface area (Å²) in [6.45, 7) is 3.41. The molecular formula is C21H17F5N2O2. The van der Waals surface area contributed by atoms with Gasteiger partial charge in [0.2, 0.25) is 5.91 Å². The van der Waals surface area contributed by atoms with Gasteiger partial charge in [-0.15, -0.1) is 0 Å². The molecule has 1 heterocycles. The van der Waals surface area contributed by atoms with Crippen molar-refractivity contribution in [1.29, 1.82) is 0 Å². The van der Waals surface area contributed by atoms with E-state index in [9.17, 15) is 26.7 Å². The first-order valence-corrected chi connectivity index (χ1v) is 8.90. The highest BCUT2D eigenvalue weighted by Gasteiger charge is 2.72. The van der Waals surface area contributed by atoms with Gasteiger partial charge in [-0.1, -0.05) is 24.8 Å². The van der Waals surface area contributed by atoms with Crippen molar-refractivity contribution in [3.63, 3.8) is 0 Å². The Hall–Kier alpha value is -3.23. The lowest BCUT2D eigenvalue weighted by molar-refractivity contribution is -0.191. The van der Waals surface area contributed by atoms with Crippen LogP contribution in [0, 0.1) is 23.0 Å². The molecule has 1 aromatic heterocycles. The molecule has 0 saturated heterocycles. The molecule has 2 aromatic rings. The molecule has 1 N–H and O–H groups in total. The highest BCUT2D eigenvalue weighted by Crippen LogP contribution is 2.65. The van der Waals surface area contributed by atoms with E-state index in [0.717, 1.165) is 12.1 Å². The quantitative estimate of drug-likeness (QED) is 0.452. The first-order chi connectivity index (χ1) is 14.2. The molecule has 0 bridgehead atoms. The summed E-state index contributed by atoms with van der Waals surface area (Å²) in [5, 5.41) is 2.37. The number of carbonyl (C=O) groups is 1. The van der Waals surface area contributed by atoms with E-state index in [-0.39, 0.29) is 30.2 Å². The second kappa shape index (κ2) is 8.25. The summed E-state index contributed by atoms with van der Waals surface area (Å²) in [4.78, 5) is 16.2. The molecular weight excluding hydrogens is 407 g/mol. The maximum absolute atomic E-state index is 13.5. The van der Waals surface area contributed by atoms with Gasteiger partial charge in [0.25, 0.3) is 0 Å². The number of ether oxygens (including phenoxy) is 1. The largest absolute Gasteiger partial charge is 0.456 e. The summed E-state index contributed by atoms with van der Waals surface area (Å²) in [5.41, 5.74) is -2.09. The lowest BCUT2D eigenvalue weighted by atomic mass is 9.97. The van der Waals surface area contributed by atoms with Crippen molar-refractivity contribution in [2.45, 2.75) is 19.0 Å². The van der Waals surface area contributed by atoms with Crippen molar-refractivity contribution in [3.05, 3.63) is 73.0 Å². The molecule has 30 heavy (non-hydrogen) atoms. The predicted molar refractivity (Wildman–Crippen MR) is 99.8 cm³/mol. The van der Waals surface area contributed by atoms with Crippen LogP contribution in [0.25, 0.3) is 0 Å². The average Bonchev–Trinajstić information content (AvgIpc) is 3.43. The predicted octanol–water partition coefficient (Wildman–Crippen LogP) is 5.79. The summed E-state index contributed by atoms with van der Waals surface area (Å²) in [7, 11) is 0. The number of nitrogens with zero attached hydrogens (tertiary/aromatic N) is 1. The Kier molecular flexibility index (Phi) is 5.91. The molecule has 0 unspecified atom stereocenters. The lowest BCUT2D eigenvalue weighted by Gasteiger charge is -2.19. The van der Waals surface area contributed by atoms with Crippen molar-refractivity contribution in [2.75, 3.05) is 5.32 Å². The number of nitrogens with one attached hydrogen (secondary N) is 1. The van der Waals surface area contributed by atoms with Gasteiger partial charge in [-0.3, -0.25) is 4.79 Å². The average molecular weight is 424 g/mol. The van der Waals surface area contributed by atoms with Crippen LogP contribution in [0.3, 0.4) is 0 Å². The second-order valence-corrected chi connectivity index (χ2v) is 6.82. The maximum atomic E-state index is 13.5. The van der Waals surface area contributed by atoms with Gasteiger partial charge >= 0.3 is 6.18 Å². The number of hydrogen-bond acceptors (Lipinski definition) is 3. The van der Waals surface area contributed by atoms with Crippen LogP contribution in [0.15, 0.2) is 61.3 Å². The summed E-state index contributed by atoms with van der Waals surface area (Å²) in [6.07, 6.45) is 0.194. The Labute approximate surface area is 169 Å². The summed E-state index contributed by atoms with van der Waals surface area (Å²) < 4.78 is 71.9. The van der Waals surface area contributed by atoms with Crippen molar-refractivity contribution in [3.8, 4) is 11.5 Å². The number of halogens is 5. The summed E-state index contributed by atoms with van der Waals surface area (Å²) in [6, 6.07) is 5.71. The fraction of sp³-hybridized carbons (Fsp3) is 0.238. The Balaban J connectivity index is 1.63. The van der Waals surface area contributed by atoms with Crippen LogP contribution in [-0.2, 0) is 4.79 Å². The maximum Gasteiger partial charge on any atom is 0.395 e. The first-order valence-electron chi connectivity index (χ1n) is 8.90. The molecule has 0 aliphatic heterocycles. The molecule has 9 heteroatoms. The number of rotatable bonds is 7. The number of anilines is 1. The van der Waals surface area contributed by atoms with Gasteiger partial charge in [0, 0.05) is 6.07 Å². The Morgan fingerprint density at radius 2 is 1.97 bits per heavy atom. The zero-order valence-electron chi connectivity index (χ0n) is 15.5. The Morgan fingerprint density at radius 3 is 2.57 bits per heavy atom. The standard InChI is InChI=1S/C21H17F5N2O2/c1-2-3-4-9-20(21(24,25)26)11-15(20)19(29)28-18-8-6-14(12-27-18)30-13-5-7-16(22)17(23)10-13/h2-8,10,12,15H,1,9,11H2,(H,27,28,29)/b4-3+/t15-,20+/m1/s1. The molecule has 1 amide bonds. The zero-order chi connectivity index (χ0) is 21.9. The van der Waals surface area contributed by atoms with Crippen molar-refractivity contribution in [1.82, 2.24) is 4.98 Å². The van der Waals surface area contributed by atoms with E-state index in [1.807, 2.05) is 0 Å². The molecule has 4 nitrogen and oxygen atoms in total. The number of amides is 1. The van der Waals surface area contributed by atoms with E-state index < -0.39 is 35.1 Å². The van der Waals surface area contributed by atoms with Gasteiger partial charge in [-0.25, -0.2) is 13.8 Å². The van der Waals surface area contributed by atoms with Gasteiger partial charge in [-0.2, -0.15) is 13.2 Å². The van der Waals surface area contributed by atoms with Crippen LogP contribution in [0.5, 0.6) is 11.5 Å². The van der Waals surface area contributed by atoms with Crippen LogP contribution in [0.2, 0.25) is 0 Å². The first kappa shape index (κ1) is 21.5. The summed E-state index contributed by atoms with van der Waals surface area (Å²) >= 11 is 0. The van der Waals surface area contributed by atoms with Crippen LogP contribution in [0.1, 0.15) is 12.8 Å². The molecule has 1 saturated carbocycles. The Bertz CT molecular complexity index is 972. The highest BCUT2D eigenvalue weighted by atomic mass is 19.4. The van der Waals surface area contributed by atoms with E-state index in [1.54, 1.807) is 0 Å². The van der Waals surface area contributed by atoms with E-state index >= 15 is 0 Å². The molecule has 1 fully saturated rings. The number of allylic oxidation sites excluding steroid dienone is 3. The lowest BCUT2D eigenvalue weighted by Crippen LogP contribution is -2.30. The fourth-order valence-corrected chi connectivity index (χ4v) is 3.08. The molecule has 158 valence electrons. The minimum absolute atomic E-state index is 0.0352. The number of hydrogen-bond donors (Lipinski definition) is 1. The molecule has 1 aliphatic carbocycles. The molecule has 1 aliphatic rings. The number of carbonyl (C=O) groups excluding carboxylic acids is 1. The number of aromatic nitrogens is 1. The Morgan fingerprint density at radius 1 is 1.23 bits per heavy atom. The van der Waals surface area contributed by atoms with Gasteiger partial charge in [0.15, 0.2) is 11.6 Å². The topological polar surface area (TPSA) is 51.2 Å². The highest BCUT2D eigenvalue weighted by molar-refractivity contribution is 5.94. The van der Waals surface area contributed by atoms with Crippen LogP contribution >= 0.6 is 0 Å². The van der Waals surface area contributed by atoms with E-state index in [2.05, 4.69) is 16.9 Å². The van der Waals surface area contributed by atoms with Crippen LogP contribution < -0.4 is 10.1 Å². The monoisotopic (exact) mass is 424 g/mol. The third-order valence-corrected chi connectivity index (χ3v) is 4.82. The van der Waals surface area contributed by atoms with Crippen molar-refractivity contribution < 1.29 is 31.5 Å². The molecule has 2 atom stereocenters. The molecule has 0 spiro atoms. The summed E-state index contributed by atoms with van der Waals surface area (Å²) in [5.74, 6) is -3.84. The van der Waals surface area contributed by atoms with Gasteiger partial charge in [-0.05, 0) is 37.1 Å². The minimum atomic E-state index is -4.52. The van der Waals surface area contributed by atoms with Crippen molar-refractivity contribution in [2.24, 2.45) is 11.3 Å². The van der Waals surface area contributed by atoms with Crippen LogP contribution in [0.4, 0.5) is 27.8 Å². The minimum Gasteiger partial charge on any atom is -0.456 e. The van der Waals surface area contributed by atoms with Gasteiger partial charge in [0.05, 0.1) is 17.5 Å². The van der Waals surface area contributed by atoms with Crippen molar-refractivity contribution >= 4 is 11.7 Å². The van der Waals surface area contributed by atoms with Crippen LogP contribution in [-0.4, -0.2) is 17.1 Å². The van der Waals surface area contributed by atoms with Gasteiger partial charge in [0.1, 0.15) is 17.3 Å².